The number of methoxy groups -OCH3 is 1. The lowest BCUT2D eigenvalue weighted by atomic mass is 10.1. The van der Waals surface area contributed by atoms with Crippen LogP contribution in [0, 0.1) is 5.82 Å². The van der Waals surface area contributed by atoms with Crippen molar-refractivity contribution in [2.45, 2.75) is 36.9 Å². The smallest absolute Gasteiger partial charge is 0.191 e. The second-order valence-corrected chi connectivity index (χ2v) is 7.41. The first-order valence-electron chi connectivity index (χ1n) is 8.95. The largest absolute Gasteiger partial charge is 0.377 e. The van der Waals surface area contributed by atoms with E-state index < -0.39 is 0 Å². The Labute approximate surface area is 162 Å². The average molecular weight is 393 g/mol. The molecule has 9 heteroatoms. The summed E-state index contributed by atoms with van der Waals surface area (Å²) in [7, 11) is 3.41. The van der Waals surface area contributed by atoms with E-state index in [0.29, 0.717) is 6.61 Å². The van der Waals surface area contributed by atoms with Crippen LogP contribution in [-0.2, 0) is 24.3 Å². The van der Waals surface area contributed by atoms with Crippen molar-refractivity contribution in [3.05, 3.63) is 41.7 Å². The summed E-state index contributed by atoms with van der Waals surface area (Å²) in [5, 5.41) is 11.3. The van der Waals surface area contributed by atoms with Crippen LogP contribution in [-0.4, -0.2) is 53.2 Å². The number of nitrogens with zero attached hydrogens (tertiary/aromatic N) is 4. The van der Waals surface area contributed by atoms with Gasteiger partial charge in [0.2, 0.25) is 0 Å². The molecule has 0 fully saturated rings. The number of aliphatic imine (C=N–C) groups is 1. The number of guanidine groups is 1. The van der Waals surface area contributed by atoms with Crippen LogP contribution in [0.3, 0.4) is 0 Å². The van der Waals surface area contributed by atoms with Gasteiger partial charge in [0.1, 0.15) is 18.2 Å². The lowest BCUT2D eigenvalue weighted by Crippen LogP contribution is -2.47. The molecule has 1 unspecified atom stereocenters. The van der Waals surface area contributed by atoms with Crippen LogP contribution in [0.5, 0.6) is 0 Å². The summed E-state index contributed by atoms with van der Waals surface area (Å²) >= 11 is 1.68. The molecule has 0 radical (unpaired) electrons. The minimum Gasteiger partial charge on any atom is -0.377 e. The van der Waals surface area contributed by atoms with E-state index in [1.54, 1.807) is 38.1 Å². The van der Waals surface area contributed by atoms with Gasteiger partial charge in [-0.15, -0.1) is 11.8 Å². The number of ether oxygens (including phenoxy) is 1. The third kappa shape index (κ3) is 5.67. The van der Waals surface area contributed by atoms with Gasteiger partial charge in [0.05, 0.1) is 6.54 Å². The first kappa shape index (κ1) is 19.6. The minimum absolute atomic E-state index is 0.209. The topological polar surface area (TPSA) is 76.4 Å². The zero-order chi connectivity index (χ0) is 19.1. The van der Waals surface area contributed by atoms with Crippen molar-refractivity contribution in [1.29, 1.82) is 0 Å². The molecule has 0 saturated carbocycles. The fourth-order valence-corrected chi connectivity index (χ4v) is 3.69. The molecule has 3 rings (SSSR count). The highest BCUT2D eigenvalue weighted by Gasteiger charge is 2.22. The van der Waals surface area contributed by atoms with Gasteiger partial charge in [-0.05, 0) is 30.7 Å². The van der Waals surface area contributed by atoms with Crippen LogP contribution in [0.2, 0.25) is 0 Å². The molecule has 1 aliphatic heterocycles. The predicted molar refractivity (Wildman–Crippen MR) is 104 cm³/mol. The average Bonchev–Trinajstić information content (AvgIpc) is 3.07. The maximum absolute atomic E-state index is 12.9. The zero-order valence-corrected chi connectivity index (χ0v) is 16.4. The second-order valence-electron chi connectivity index (χ2n) is 6.24. The Morgan fingerprint density at radius 3 is 2.96 bits per heavy atom. The molecule has 0 amide bonds. The van der Waals surface area contributed by atoms with Crippen LogP contribution in [0.4, 0.5) is 4.39 Å². The summed E-state index contributed by atoms with van der Waals surface area (Å²) in [5.74, 6) is 3.18. The lowest BCUT2D eigenvalue weighted by Gasteiger charge is -2.25. The molecule has 1 aliphatic rings. The molecule has 2 N–H and O–H groups in total. The van der Waals surface area contributed by atoms with Crippen LogP contribution in [0.15, 0.2) is 34.2 Å². The van der Waals surface area contributed by atoms with Crippen LogP contribution in [0.25, 0.3) is 0 Å². The molecule has 1 atom stereocenters. The number of hydrogen-bond acceptors (Lipinski definition) is 5. The van der Waals surface area contributed by atoms with Gasteiger partial charge in [-0.25, -0.2) is 14.1 Å². The molecular weight excluding hydrogens is 367 g/mol. The summed E-state index contributed by atoms with van der Waals surface area (Å²) in [6, 6.07) is 6.81. The summed E-state index contributed by atoms with van der Waals surface area (Å²) < 4.78 is 20.0. The van der Waals surface area contributed by atoms with Crippen LogP contribution in [0.1, 0.15) is 18.1 Å². The Hall–Kier alpha value is -2.13. The number of thioether (sulfide) groups is 1. The van der Waals surface area contributed by atoms with E-state index in [0.717, 1.165) is 54.2 Å². The zero-order valence-electron chi connectivity index (χ0n) is 15.6. The number of fused-ring (bicyclic) bond motifs is 1. The molecule has 146 valence electrons. The molecule has 0 saturated heterocycles. The molecule has 0 bridgehead atoms. The van der Waals surface area contributed by atoms with Gasteiger partial charge in [0.15, 0.2) is 11.8 Å². The third-order valence-corrected chi connectivity index (χ3v) is 5.23. The highest BCUT2D eigenvalue weighted by Crippen LogP contribution is 2.17. The van der Waals surface area contributed by atoms with Gasteiger partial charge >= 0.3 is 0 Å². The molecule has 2 heterocycles. The molecule has 0 aliphatic carbocycles. The fourth-order valence-electron chi connectivity index (χ4n) is 2.93. The quantitative estimate of drug-likeness (QED) is 0.324. The van der Waals surface area contributed by atoms with Crippen molar-refractivity contribution < 1.29 is 9.13 Å². The van der Waals surface area contributed by atoms with E-state index in [2.05, 4.69) is 25.7 Å². The van der Waals surface area contributed by atoms with E-state index in [4.69, 9.17) is 4.74 Å². The second kappa shape index (κ2) is 9.70. The Bertz CT molecular complexity index is 764. The number of aryl methyl sites for hydroxylation is 1. The molecule has 7 nitrogen and oxygen atoms in total. The first-order valence-corrected chi connectivity index (χ1v) is 9.93. The molecule has 2 aromatic rings. The van der Waals surface area contributed by atoms with E-state index in [1.165, 1.54) is 12.1 Å². The molecule has 1 aromatic heterocycles. The van der Waals surface area contributed by atoms with Crippen molar-refractivity contribution in [3.8, 4) is 0 Å². The van der Waals surface area contributed by atoms with Crippen molar-refractivity contribution >= 4 is 17.7 Å². The number of rotatable bonds is 7. The van der Waals surface area contributed by atoms with E-state index in [1.807, 2.05) is 4.68 Å². The summed E-state index contributed by atoms with van der Waals surface area (Å²) in [5.41, 5.74) is 0. The highest BCUT2D eigenvalue weighted by molar-refractivity contribution is 7.99. The summed E-state index contributed by atoms with van der Waals surface area (Å²) in [4.78, 5) is 9.85. The number of benzene rings is 1. The Morgan fingerprint density at radius 1 is 1.41 bits per heavy atom. The van der Waals surface area contributed by atoms with Gasteiger partial charge < -0.3 is 15.4 Å². The number of aromatic nitrogens is 3. The molecule has 0 spiro atoms. The molecule has 1 aromatic carbocycles. The predicted octanol–water partition coefficient (Wildman–Crippen LogP) is 1.84. The van der Waals surface area contributed by atoms with Gasteiger partial charge in [-0.3, -0.25) is 4.99 Å². The van der Waals surface area contributed by atoms with E-state index >= 15 is 0 Å². The maximum Gasteiger partial charge on any atom is 0.191 e. The van der Waals surface area contributed by atoms with Crippen molar-refractivity contribution in [2.75, 3.05) is 26.5 Å². The van der Waals surface area contributed by atoms with Crippen molar-refractivity contribution in [1.82, 2.24) is 25.4 Å². The van der Waals surface area contributed by atoms with Crippen LogP contribution >= 0.6 is 11.8 Å². The number of nitrogens with one attached hydrogen (secondary N) is 2. The number of hydrogen-bond donors (Lipinski definition) is 2. The lowest BCUT2D eigenvalue weighted by molar-refractivity contribution is 0.177. The fraction of sp³-hybridized carbons (Fsp3) is 0.500. The third-order valence-electron chi connectivity index (χ3n) is 4.22. The summed E-state index contributed by atoms with van der Waals surface area (Å²) in [6.07, 6.45) is 1.86. The first-order chi connectivity index (χ1) is 13.2. The van der Waals surface area contributed by atoms with E-state index in [9.17, 15) is 4.39 Å². The monoisotopic (exact) mass is 392 g/mol. The minimum atomic E-state index is -0.209. The highest BCUT2D eigenvalue weighted by atomic mass is 32.2. The number of halogens is 1. The van der Waals surface area contributed by atoms with Gasteiger partial charge in [-0.1, -0.05) is 0 Å². The SMILES string of the molecule is CN=C(NCCSc1ccc(F)cc1)NC1CCc2nc(COC)nn2C1. The Morgan fingerprint density at radius 2 is 2.22 bits per heavy atom. The van der Waals surface area contributed by atoms with Crippen LogP contribution < -0.4 is 10.6 Å². The van der Waals surface area contributed by atoms with Crippen molar-refractivity contribution in [2.24, 2.45) is 4.99 Å². The van der Waals surface area contributed by atoms with Gasteiger partial charge in [0, 0.05) is 43.8 Å². The Balaban J connectivity index is 1.42. The Kier molecular flexibility index (Phi) is 7.05. The van der Waals surface area contributed by atoms with E-state index in [-0.39, 0.29) is 11.9 Å². The van der Waals surface area contributed by atoms with Gasteiger partial charge in [-0.2, -0.15) is 5.10 Å². The molecular formula is C18H25FN6OS. The summed E-state index contributed by atoms with van der Waals surface area (Å²) in [6.45, 7) is 1.96. The normalized spacial score (nSPS) is 16.9. The standard InChI is InChI=1S/C18H25FN6OS/c1-20-18(21-9-10-27-15-6-3-13(19)4-7-15)22-14-5-8-17-23-16(12-26-2)24-25(17)11-14/h3-4,6-7,14H,5,8-12H2,1-2H3,(H2,20,21,22). The molecule has 27 heavy (non-hydrogen) atoms. The van der Waals surface area contributed by atoms with Gasteiger partial charge in [0.25, 0.3) is 0 Å². The van der Waals surface area contributed by atoms with Crippen molar-refractivity contribution in [3.63, 3.8) is 0 Å². The maximum atomic E-state index is 12.9.